The number of piperazine rings is 1. The Kier molecular flexibility index (Phi) is 6.31. The molecular formula is C17H34N2O. The maximum absolute atomic E-state index is 5.56. The lowest BCUT2D eigenvalue weighted by atomic mass is 9.94. The van der Waals surface area contributed by atoms with Crippen LogP contribution in [0.4, 0.5) is 0 Å². The van der Waals surface area contributed by atoms with Crippen molar-refractivity contribution in [3.63, 3.8) is 0 Å². The first-order chi connectivity index (χ1) is 9.54. The molecule has 2 fully saturated rings. The molecule has 0 amide bonds. The van der Waals surface area contributed by atoms with Gasteiger partial charge in [-0.25, -0.2) is 0 Å². The van der Waals surface area contributed by atoms with E-state index in [4.69, 9.17) is 4.74 Å². The molecule has 3 atom stereocenters. The van der Waals surface area contributed by atoms with Gasteiger partial charge in [-0.1, -0.05) is 27.7 Å². The number of hydrogen-bond donors (Lipinski definition) is 1. The summed E-state index contributed by atoms with van der Waals surface area (Å²) in [6.45, 7) is 14.9. The average molecular weight is 282 g/mol. The molecule has 2 rings (SSSR count). The van der Waals surface area contributed by atoms with Crippen LogP contribution in [0.2, 0.25) is 0 Å². The minimum absolute atomic E-state index is 0.681. The summed E-state index contributed by atoms with van der Waals surface area (Å²) in [5.41, 5.74) is 0. The standard InChI is InChI=1S/C17H34N2O/c1-13(2)7-16-11-19(10-15-5-6-20-12-15)17(9-18-16)8-14(3)4/h13-18H,5-12H2,1-4H3. The van der Waals surface area contributed by atoms with E-state index in [9.17, 15) is 0 Å². The Morgan fingerprint density at radius 1 is 1.15 bits per heavy atom. The van der Waals surface area contributed by atoms with Crippen molar-refractivity contribution in [2.45, 2.75) is 59.0 Å². The first kappa shape index (κ1) is 16.3. The Balaban J connectivity index is 1.90. The zero-order valence-electron chi connectivity index (χ0n) is 13.9. The van der Waals surface area contributed by atoms with Gasteiger partial charge in [0.15, 0.2) is 0 Å². The Hall–Kier alpha value is -0.120. The number of hydrogen-bond acceptors (Lipinski definition) is 3. The van der Waals surface area contributed by atoms with E-state index in [1.54, 1.807) is 0 Å². The van der Waals surface area contributed by atoms with Crippen LogP contribution >= 0.6 is 0 Å². The van der Waals surface area contributed by atoms with E-state index in [0.717, 1.165) is 37.0 Å². The van der Waals surface area contributed by atoms with E-state index >= 15 is 0 Å². The van der Waals surface area contributed by atoms with E-state index in [-0.39, 0.29) is 0 Å². The fourth-order valence-electron chi connectivity index (χ4n) is 3.71. The molecule has 118 valence electrons. The highest BCUT2D eigenvalue weighted by Gasteiger charge is 2.31. The third-order valence-electron chi connectivity index (χ3n) is 4.63. The fraction of sp³-hybridized carbons (Fsp3) is 1.00. The van der Waals surface area contributed by atoms with Gasteiger partial charge in [0.2, 0.25) is 0 Å². The Morgan fingerprint density at radius 3 is 2.50 bits per heavy atom. The van der Waals surface area contributed by atoms with Crippen LogP contribution in [-0.2, 0) is 4.74 Å². The van der Waals surface area contributed by atoms with Gasteiger partial charge in [0, 0.05) is 38.3 Å². The topological polar surface area (TPSA) is 24.5 Å². The van der Waals surface area contributed by atoms with Crippen LogP contribution in [0.15, 0.2) is 0 Å². The number of nitrogens with one attached hydrogen (secondary N) is 1. The minimum Gasteiger partial charge on any atom is -0.381 e. The summed E-state index contributed by atoms with van der Waals surface area (Å²) in [5, 5.41) is 3.79. The second kappa shape index (κ2) is 7.77. The van der Waals surface area contributed by atoms with Crippen LogP contribution in [-0.4, -0.2) is 49.8 Å². The first-order valence-corrected chi connectivity index (χ1v) is 8.59. The van der Waals surface area contributed by atoms with Gasteiger partial charge in [-0.2, -0.15) is 0 Å². The predicted octanol–water partition coefficient (Wildman–Crippen LogP) is 2.76. The predicted molar refractivity (Wildman–Crippen MR) is 85.0 cm³/mol. The molecule has 0 aromatic heterocycles. The molecule has 2 aliphatic heterocycles. The van der Waals surface area contributed by atoms with Crippen LogP contribution in [0.5, 0.6) is 0 Å². The maximum atomic E-state index is 5.56. The summed E-state index contributed by atoms with van der Waals surface area (Å²) >= 11 is 0. The summed E-state index contributed by atoms with van der Waals surface area (Å²) < 4.78 is 5.56. The Bertz CT molecular complexity index is 274. The van der Waals surface area contributed by atoms with Crippen LogP contribution < -0.4 is 5.32 Å². The molecule has 0 radical (unpaired) electrons. The maximum Gasteiger partial charge on any atom is 0.0507 e. The molecule has 1 N–H and O–H groups in total. The Morgan fingerprint density at radius 2 is 1.90 bits per heavy atom. The fourth-order valence-corrected chi connectivity index (χ4v) is 3.71. The molecule has 0 spiro atoms. The summed E-state index contributed by atoms with van der Waals surface area (Å²) in [6, 6.07) is 1.40. The molecule has 2 heterocycles. The van der Waals surface area contributed by atoms with Gasteiger partial charge >= 0.3 is 0 Å². The summed E-state index contributed by atoms with van der Waals surface area (Å²) in [7, 11) is 0. The molecule has 0 aromatic carbocycles. The van der Waals surface area contributed by atoms with Gasteiger partial charge in [0.25, 0.3) is 0 Å². The lowest BCUT2D eigenvalue weighted by molar-refractivity contribution is 0.0846. The molecule has 20 heavy (non-hydrogen) atoms. The largest absolute Gasteiger partial charge is 0.381 e. The molecule has 0 saturated carbocycles. The molecule has 2 saturated heterocycles. The van der Waals surface area contributed by atoms with E-state index < -0.39 is 0 Å². The van der Waals surface area contributed by atoms with Gasteiger partial charge in [-0.3, -0.25) is 4.90 Å². The number of nitrogens with zero attached hydrogens (tertiary/aromatic N) is 1. The third-order valence-corrected chi connectivity index (χ3v) is 4.63. The number of ether oxygens (including phenoxy) is 1. The van der Waals surface area contributed by atoms with Gasteiger partial charge in [-0.15, -0.1) is 0 Å². The molecule has 0 bridgehead atoms. The second-order valence-electron chi connectivity index (χ2n) is 7.70. The Labute approximate surface area is 125 Å². The lowest BCUT2D eigenvalue weighted by Gasteiger charge is -2.42. The molecule has 0 aliphatic carbocycles. The van der Waals surface area contributed by atoms with Gasteiger partial charge in [-0.05, 0) is 37.0 Å². The third kappa shape index (κ3) is 5.01. The van der Waals surface area contributed by atoms with Crippen molar-refractivity contribution in [2.75, 3.05) is 32.8 Å². The van der Waals surface area contributed by atoms with Crippen molar-refractivity contribution in [1.29, 1.82) is 0 Å². The zero-order chi connectivity index (χ0) is 14.5. The average Bonchev–Trinajstić information content (AvgIpc) is 2.84. The lowest BCUT2D eigenvalue weighted by Crippen LogP contribution is -2.58. The highest BCUT2D eigenvalue weighted by Crippen LogP contribution is 2.22. The van der Waals surface area contributed by atoms with Crippen LogP contribution in [0.3, 0.4) is 0 Å². The molecule has 2 aliphatic rings. The van der Waals surface area contributed by atoms with E-state index in [1.807, 2.05) is 0 Å². The van der Waals surface area contributed by atoms with Crippen molar-refractivity contribution < 1.29 is 4.74 Å². The van der Waals surface area contributed by atoms with Crippen LogP contribution in [0.1, 0.15) is 47.0 Å². The van der Waals surface area contributed by atoms with Crippen molar-refractivity contribution >= 4 is 0 Å². The van der Waals surface area contributed by atoms with Gasteiger partial charge < -0.3 is 10.1 Å². The summed E-state index contributed by atoms with van der Waals surface area (Å²) in [5.74, 6) is 2.33. The van der Waals surface area contributed by atoms with Crippen molar-refractivity contribution in [3.8, 4) is 0 Å². The second-order valence-corrected chi connectivity index (χ2v) is 7.70. The molecule has 0 aromatic rings. The van der Waals surface area contributed by atoms with Crippen molar-refractivity contribution in [1.82, 2.24) is 10.2 Å². The van der Waals surface area contributed by atoms with E-state index in [1.165, 1.54) is 38.9 Å². The van der Waals surface area contributed by atoms with Crippen molar-refractivity contribution in [2.24, 2.45) is 17.8 Å². The molecular weight excluding hydrogens is 248 g/mol. The SMILES string of the molecule is CC(C)CC1CN(CC2CCOC2)C(CC(C)C)CN1. The van der Waals surface area contributed by atoms with Gasteiger partial charge in [0.1, 0.15) is 0 Å². The monoisotopic (exact) mass is 282 g/mol. The normalized spacial score (nSPS) is 32.4. The van der Waals surface area contributed by atoms with Crippen LogP contribution in [0.25, 0.3) is 0 Å². The molecule has 3 heteroatoms. The van der Waals surface area contributed by atoms with Crippen molar-refractivity contribution in [3.05, 3.63) is 0 Å². The first-order valence-electron chi connectivity index (χ1n) is 8.59. The number of rotatable bonds is 6. The van der Waals surface area contributed by atoms with E-state index in [2.05, 4.69) is 37.9 Å². The minimum atomic E-state index is 0.681. The molecule has 3 unspecified atom stereocenters. The summed E-state index contributed by atoms with van der Waals surface area (Å²) in [6.07, 6.45) is 3.87. The quantitative estimate of drug-likeness (QED) is 0.811. The van der Waals surface area contributed by atoms with Crippen LogP contribution in [0, 0.1) is 17.8 Å². The summed E-state index contributed by atoms with van der Waals surface area (Å²) in [4.78, 5) is 2.77. The van der Waals surface area contributed by atoms with Gasteiger partial charge in [0.05, 0.1) is 6.61 Å². The zero-order valence-corrected chi connectivity index (χ0v) is 13.9. The van der Waals surface area contributed by atoms with E-state index in [0.29, 0.717) is 6.04 Å². The highest BCUT2D eigenvalue weighted by molar-refractivity contribution is 4.88. The smallest absolute Gasteiger partial charge is 0.0507 e. The molecule has 3 nitrogen and oxygen atoms in total. The highest BCUT2D eigenvalue weighted by atomic mass is 16.5.